The van der Waals surface area contributed by atoms with Crippen LogP contribution in [0, 0.1) is 15.9 Å². The van der Waals surface area contributed by atoms with Crippen molar-refractivity contribution in [3.8, 4) is 0 Å². The number of carbonyl (C=O) groups excluding carboxylic acids is 2. The molecule has 27 heavy (non-hydrogen) atoms. The molecule has 1 saturated heterocycles. The monoisotopic (exact) mass is 372 g/mol. The third-order valence-corrected chi connectivity index (χ3v) is 4.23. The van der Waals surface area contributed by atoms with Gasteiger partial charge in [0, 0.05) is 49.6 Å². The zero-order valence-corrected chi connectivity index (χ0v) is 14.3. The van der Waals surface area contributed by atoms with Crippen molar-refractivity contribution < 1.29 is 18.9 Å². The van der Waals surface area contributed by atoms with E-state index in [1.807, 2.05) is 0 Å². The molecular weight excluding hydrogens is 355 g/mol. The van der Waals surface area contributed by atoms with Crippen LogP contribution < -0.4 is 5.32 Å². The second-order valence-corrected chi connectivity index (χ2v) is 6.03. The Morgan fingerprint density at radius 3 is 2.33 bits per heavy atom. The average Bonchev–Trinajstić information content (AvgIpc) is 2.67. The summed E-state index contributed by atoms with van der Waals surface area (Å²) >= 11 is 0. The summed E-state index contributed by atoms with van der Waals surface area (Å²) in [5.41, 5.74) is 0.482. The summed E-state index contributed by atoms with van der Waals surface area (Å²) in [4.78, 5) is 38.1. The molecule has 1 aliphatic heterocycles. The zero-order chi connectivity index (χ0) is 19.4. The molecule has 0 unspecified atom stereocenters. The molecular formula is C18H17FN4O4. The lowest BCUT2D eigenvalue weighted by atomic mass is 10.2. The normalized spacial score (nSPS) is 14.0. The maximum Gasteiger partial charge on any atom is 0.321 e. The Labute approximate surface area is 154 Å². The van der Waals surface area contributed by atoms with Gasteiger partial charge >= 0.3 is 6.03 Å². The molecule has 0 saturated carbocycles. The lowest BCUT2D eigenvalue weighted by Gasteiger charge is -2.34. The van der Waals surface area contributed by atoms with Crippen LogP contribution in [0.1, 0.15) is 10.4 Å². The van der Waals surface area contributed by atoms with Crippen molar-refractivity contribution in [3.63, 3.8) is 0 Å². The molecule has 8 nitrogen and oxygen atoms in total. The minimum absolute atomic E-state index is 0.113. The Hall–Kier alpha value is -3.49. The van der Waals surface area contributed by atoms with Crippen LogP contribution in [0.15, 0.2) is 48.5 Å². The van der Waals surface area contributed by atoms with Crippen molar-refractivity contribution >= 4 is 23.3 Å². The van der Waals surface area contributed by atoms with Crippen molar-refractivity contribution in [1.82, 2.24) is 9.80 Å². The first-order valence-corrected chi connectivity index (χ1v) is 8.29. The number of nitrogens with zero attached hydrogens (tertiary/aromatic N) is 3. The van der Waals surface area contributed by atoms with Gasteiger partial charge in [-0.25, -0.2) is 9.18 Å². The maximum atomic E-state index is 13.3. The number of hydrogen-bond acceptors (Lipinski definition) is 4. The number of amides is 3. The number of urea groups is 1. The van der Waals surface area contributed by atoms with Crippen LogP contribution in [0.5, 0.6) is 0 Å². The molecule has 3 rings (SSSR count). The molecule has 1 aliphatic rings. The summed E-state index contributed by atoms with van der Waals surface area (Å²) in [6.07, 6.45) is 0. The third-order valence-electron chi connectivity index (χ3n) is 4.23. The van der Waals surface area contributed by atoms with E-state index in [0.717, 1.165) is 0 Å². The fraction of sp³-hybridized carbons (Fsp3) is 0.222. The molecule has 1 fully saturated rings. The fourth-order valence-corrected chi connectivity index (χ4v) is 2.82. The Kier molecular flexibility index (Phi) is 5.30. The van der Waals surface area contributed by atoms with E-state index in [4.69, 9.17) is 0 Å². The number of carbonyl (C=O) groups is 2. The fourth-order valence-electron chi connectivity index (χ4n) is 2.82. The number of rotatable bonds is 3. The number of anilines is 1. The van der Waals surface area contributed by atoms with E-state index in [1.165, 1.54) is 41.3 Å². The summed E-state index contributed by atoms with van der Waals surface area (Å²) in [7, 11) is 0. The van der Waals surface area contributed by atoms with Gasteiger partial charge in [-0.1, -0.05) is 12.1 Å². The topological polar surface area (TPSA) is 95.8 Å². The highest BCUT2D eigenvalue weighted by Crippen LogP contribution is 2.18. The SMILES string of the molecule is O=C(Nc1cccc([N+](=O)[O-])c1)N1CCN(C(=O)c2cccc(F)c2)CC1. The van der Waals surface area contributed by atoms with Crippen LogP contribution in [-0.2, 0) is 0 Å². The van der Waals surface area contributed by atoms with Gasteiger partial charge in [0.25, 0.3) is 11.6 Å². The van der Waals surface area contributed by atoms with Gasteiger partial charge in [0.15, 0.2) is 0 Å². The van der Waals surface area contributed by atoms with E-state index in [9.17, 15) is 24.1 Å². The molecule has 2 aromatic rings. The van der Waals surface area contributed by atoms with Gasteiger partial charge in [-0.2, -0.15) is 0 Å². The van der Waals surface area contributed by atoms with Gasteiger partial charge in [-0.3, -0.25) is 14.9 Å². The molecule has 3 amide bonds. The van der Waals surface area contributed by atoms with Gasteiger partial charge in [0.1, 0.15) is 5.82 Å². The summed E-state index contributed by atoms with van der Waals surface area (Å²) in [5, 5.41) is 13.4. The highest BCUT2D eigenvalue weighted by atomic mass is 19.1. The summed E-state index contributed by atoms with van der Waals surface area (Å²) < 4.78 is 13.3. The number of benzene rings is 2. The molecule has 1 heterocycles. The molecule has 0 bridgehead atoms. The average molecular weight is 372 g/mol. The molecule has 0 spiro atoms. The summed E-state index contributed by atoms with van der Waals surface area (Å²) in [6, 6.07) is 10.8. The van der Waals surface area contributed by atoms with E-state index in [0.29, 0.717) is 31.9 Å². The smallest absolute Gasteiger partial charge is 0.321 e. The quantitative estimate of drug-likeness (QED) is 0.662. The number of hydrogen-bond donors (Lipinski definition) is 1. The summed E-state index contributed by atoms with van der Waals surface area (Å²) in [5.74, 6) is -0.760. The largest absolute Gasteiger partial charge is 0.335 e. The Morgan fingerprint density at radius 1 is 1.00 bits per heavy atom. The highest BCUT2D eigenvalue weighted by Gasteiger charge is 2.25. The molecule has 1 N–H and O–H groups in total. The molecule has 0 atom stereocenters. The molecule has 140 valence electrons. The first-order chi connectivity index (χ1) is 12.9. The van der Waals surface area contributed by atoms with Gasteiger partial charge < -0.3 is 15.1 Å². The lowest BCUT2D eigenvalue weighted by molar-refractivity contribution is -0.384. The van der Waals surface area contributed by atoms with Crippen molar-refractivity contribution in [1.29, 1.82) is 0 Å². The predicted octanol–water partition coefficient (Wildman–Crippen LogP) is 2.72. The second-order valence-electron chi connectivity index (χ2n) is 6.03. The van der Waals surface area contributed by atoms with Crippen molar-refractivity contribution in [3.05, 3.63) is 70.0 Å². The second kappa shape index (κ2) is 7.81. The van der Waals surface area contributed by atoms with Crippen LogP contribution >= 0.6 is 0 Å². The van der Waals surface area contributed by atoms with Crippen LogP contribution in [-0.4, -0.2) is 52.8 Å². The molecule has 0 aromatic heterocycles. The number of nitro groups is 1. The lowest BCUT2D eigenvalue weighted by Crippen LogP contribution is -2.51. The Balaban J connectivity index is 1.57. The summed E-state index contributed by atoms with van der Waals surface area (Å²) in [6.45, 7) is 1.25. The zero-order valence-electron chi connectivity index (χ0n) is 14.3. The third kappa shape index (κ3) is 4.38. The standard InChI is InChI=1S/C18H17FN4O4/c19-14-4-1-3-13(11-14)17(24)21-7-9-22(10-8-21)18(25)20-15-5-2-6-16(12-15)23(26)27/h1-6,11-12H,7-10H2,(H,20,25). The minimum atomic E-state index is -0.535. The first-order valence-electron chi connectivity index (χ1n) is 8.29. The minimum Gasteiger partial charge on any atom is -0.335 e. The highest BCUT2D eigenvalue weighted by molar-refractivity contribution is 5.94. The van der Waals surface area contributed by atoms with Gasteiger partial charge in [0.2, 0.25) is 0 Å². The van der Waals surface area contributed by atoms with Gasteiger partial charge in [-0.05, 0) is 24.3 Å². The molecule has 9 heteroatoms. The van der Waals surface area contributed by atoms with Gasteiger partial charge in [-0.15, -0.1) is 0 Å². The maximum absolute atomic E-state index is 13.3. The van der Waals surface area contributed by atoms with Crippen molar-refractivity contribution in [2.45, 2.75) is 0 Å². The van der Waals surface area contributed by atoms with E-state index >= 15 is 0 Å². The van der Waals surface area contributed by atoms with Crippen LogP contribution in [0.2, 0.25) is 0 Å². The van der Waals surface area contributed by atoms with E-state index < -0.39 is 16.8 Å². The number of non-ortho nitro benzene ring substituents is 1. The number of nitro benzene ring substituents is 1. The van der Waals surface area contributed by atoms with Crippen LogP contribution in [0.4, 0.5) is 20.6 Å². The van der Waals surface area contributed by atoms with E-state index in [1.54, 1.807) is 17.0 Å². The molecule has 0 aliphatic carbocycles. The Bertz CT molecular complexity index is 881. The predicted molar refractivity (Wildman–Crippen MR) is 96.0 cm³/mol. The first kappa shape index (κ1) is 18.3. The van der Waals surface area contributed by atoms with Crippen LogP contribution in [0.3, 0.4) is 0 Å². The van der Waals surface area contributed by atoms with Crippen molar-refractivity contribution in [2.75, 3.05) is 31.5 Å². The van der Waals surface area contributed by atoms with E-state index in [-0.39, 0.29) is 17.2 Å². The Morgan fingerprint density at radius 2 is 1.67 bits per heavy atom. The van der Waals surface area contributed by atoms with Gasteiger partial charge in [0.05, 0.1) is 4.92 Å². The number of piperazine rings is 1. The van der Waals surface area contributed by atoms with Crippen LogP contribution in [0.25, 0.3) is 0 Å². The number of nitrogens with one attached hydrogen (secondary N) is 1. The number of halogens is 1. The molecule has 0 radical (unpaired) electrons. The van der Waals surface area contributed by atoms with E-state index in [2.05, 4.69) is 5.32 Å². The van der Waals surface area contributed by atoms with Crippen molar-refractivity contribution in [2.24, 2.45) is 0 Å². The molecule has 2 aromatic carbocycles.